The number of hydrogen-bond donors (Lipinski definition) is 2. The first kappa shape index (κ1) is 26.7. The van der Waals surface area contributed by atoms with Crippen LogP contribution in [-0.4, -0.2) is 29.0 Å². The van der Waals surface area contributed by atoms with Crippen molar-refractivity contribution in [3.05, 3.63) is 88.5 Å². The first-order valence-electron chi connectivity index (χ1n) is 12.1. The Balaban J connectivity index is 1.57. The SMILES string of the molecule is CCCCCCOC(=O)N=C(N)c1ccc(CNC(=O)c2cc(C)n(-c3ccc(F)cc3)c2C)cc1. The van der Waals surface area contributed by atoms with E-state index in [4.69, 9.17) is 10.5 Å². The molecular formula is C28H33FN4O3. The van der Waals surface area contributed by atoms with Crippen LogP contribution in [0.15, 0.2) is 59.6 Å². The number of amides is 2. The van der Waals surface area contributed by atoms with Crippen LogP contribution in [0, 0.1) is 19.7 Å². The molecule has 36 heavy (non-hydrogen) atoms. The minimum Gasteiger partial charge on any atom is -0.448 e. The van der Waals surface area contributed by atoms with Gasteiger partial charge in [-0.2, -0.15) is 4.99 Å². The Kier molecular flexibility index (Phi) is 9.39. The number of unbranched alkanes of at least 4 members (excludes halogenated alkanes) is 3. The number of halogens is 1. The van der Waals surface area contributed by atoms with Crippen molar-refractivity contribution in [3.8, 4) is 5.69 Å². The second-order valence-corrected chi connectivity index (χ2v) is 8.65. The normalized spacial score (nSPS) is 11.4. The molecule has 3 N–H and O–H groups in total. The van der Waals surface area contributed by atoms with E-state index >= 15 is 0 Å². The standard InChI is InChI=1S/C28H33FN4O3/c1-4-5-6-7-16-36-28(35)32-26(30)22-10-8-21(9-11-22)18-31-27(34)25-17-19(2)33(20(25)3)24-14-12-23(29)13-15-24/h8-15,17H,4-7,16,18H2,1-3H3,(H,31,34)(H2,30,32,35). The van der Waals surface area contributed by atoms with E-state index in [1.165, 1.54) is 12.1 Å². The minimum absolute atomic E-state index is 0.0809. The first-order chi connectivity index (χ1) is 17.3. The Morgan fingerprint density at radius 1 is 1.03 bits per heavy atom. The summed E-state index contributed by atoms with van der Waals surface area (Å²) >= 11 is 0. The van der Waals surface area contributed by atoms with E-state index in [-0.39, 0.29) is 17.6 Å². The van der Waals surface area contributed by atoms with Gasteiger partial charge in [0.2, 0.25) is 0 Å². The molecule has 7 nitrogen and oxygen atoms in total. The van der Waals surface area contributed by atoms with Gasteiger partial charge in [0, 0.05) is 29.2 Å². The summed E-state index contributed by atoms with van der Waals surface area (Å²) in [7, 11) is 0. The van der Waals surface area contributed by atoms with Gasteiger partial charge in [0.25, 0.3) is 5.91 Å². The largest absolute Gasteiger partial charge is 0.448 e. The van der Waals surface area contributed by atoms with Crippen LogP contribution >= 0.6 is 0 Å². The van der Waals surface area contributed by atoms with Crippen LogP contribution < -0.4 is 11.1 Å². The molecule has 3 aromatic rings. The van der Waals surface area contributed by atoms with Crippen LogP contribution in [0.1, 0.15) is 65.5 Å². The molecule has 0 radical (unpaired) electrons. The summed E-state index contributed by atoms with van der Waals surface area (Å²) in [5.74, 6) is -0.434. The van der Waals surface area contributed by atoms with E-state index in [2.05, 4.69) is 17.2 Å². The molecule has 0 unspecified atom stereocenters. The average Bonchev–Trinajstić information content (AvgIpc) is 3.17. The van der Waals surface area contributed by atoms with Gasteiger partial charge in [-0.3, -0.25) is 4.79 Å². The molecule has 1 heterocycles. The van der Waals surface area contributed by atoms with Gasteiger partial charge in [-0.1, -0.05) is 50.5 Å². The molecule has 1 aromatic heterocycles. The summed E-state index contributed by atoms with van der Waals surface area (Å²) < 4.78 is 20.3. The summed E-state index contributed by atoms with van der Waals surface area (Å²) in [5.41, 5.74) is 10.4. The zero-order valence-corrected chi connectivity index (χ0v) is 21.0. The number of nitrogens with two attached hydrogens (primary N) is 1. The van der Waals surface area contributed by atoms with Crippen molar-refractivity contribution in [1.82, 2.24) is 9.88 Å². The van der Waals surface area contributed by atoms with Gasteiger partial charge in [0.05, 0.1) is 12.2 Å². The topological polar surface area (TPSA) is 98.7 Å². The zero-order chi connectivity index (χ0) is 26.1. The Morgan fingerprint density at radius 2 is 1.72 bits per heavy atom. The van der Waals surface area contributed by atoms with E-state index in [1.807, 2.05) is 36.6 Å². The van der Waals surface area contributed by atoms with Gasteiger partial charge >= 0.3 is 6.09 Å². The molecule has 2 aromatic carbocycles. The average molecular weight is 493 g/mol. The van der Waals surface area contributed by atoms with Crippen LogP contribution in [0.2, 0.25) is 0 Å². The highest BCUT2D eigenvalue weighted by atomic mass is 19.1. The fourth-order valence-electron chi connectivity index (χ4n) is 3.93. The molecule has 0 bridgehead atoms. The summed E-state index contributed by atoms with van der Waals surface area (Å²) in [4.78, 5) is 28.5. The molecule has 190 valence electrons. The number of benzene rings is 2. The van der Waals surface area contributed by atoms with E-state index < -0.39 is 6.09 Å². The highest BCUT2D eigenvalue weighted by Gasteiger charge is 2.16. The van der Waals surface area contributed by atoms with Gasteiger partial charge in [0.1, 0.15) is 11.7 Å². The maximum atomic E-state index is 13.3. The number of aromatic nitrogens is 1. The molecule has 0 fully saturated rings. The van der Waals surface area contributed by atoms with Gasteiger partial charge in [-0.15, -0.1) is 0 Å². The van der Waals surface area contributed by atoms with Crippen molar-refractivity contribution in [3.63, 3.8) is 0 Å². The molecule has 0 atom stereocenters. The van der Waals surface area contributed by atoms with Crippen molar-refractivity contribution in [2.45, 2.75) is 53.0 Å². The zero-order valence-electron chi connectivity index (χ0n) is 21.0. The summed E-state index contributed by atoms with van der Waals surface area (Å²) in [5, 5.41) is 2.93. The third-order valence-corrected chi connectivity index (χ3v) is 5.90. The lowest BCUT2D eigenvalue weighted by molar-refractivity contribution is 0.0950. The lowest BCUT2D eigenvalue weighted by Gasteiger charge is -2.10. The van der Waals surface area contributed by atoms with Gasteiger partial charge in [0.15, 0.2) is 0 Å². The van der Waals surface area contributed by atoms with Gasteiger partial charge in [-0.25, -0.2) is 9.18 Å². The lowest BCUT2D eigenvalue weighted by atomic mass is 10.1. The molecule has 8 heteroatoms. The Bertz CT molecular complexity index is 1210. The van der Waals surface area contributed by atoms with Gasteiger partial charge in [-0.05, 0) is 56.2 Å². The smallest absolute Gasteiger partial charge is 0.435 e. The molecule has 0 saturated heterocycles. The van der Waals surface area contributed by atoms with E-state index in [9.17, 15) is 14.0 Å². The number of carbonyl (C=O) groups is 2. The lowest BCUT2D eigenvalue weighted by Crippen LogP contribution is -2.23. The molecule has 0 saturated carbocycles. The number of hydrogen-bond acceptors (Lipinski definition) is 3. The van der Waals surface area contributed by atoms with Crippen LogP contribution in [0.5, 0.6) is 0 Å². The van der Waals surface area contributed by atoms with Crippen molar-refractivity contribution < 1.29 is 18.7 Å². The van der Waals surface area contributed by atoms with E-state index in [1.54, 1.807) is 24.3 Å². The number of nitrogens with one attached hydrogen (secondary N) is 1. The minimum atomic E-state index is -0.696. The predicted molar refractivity (Wildman–Crippen MR) is 139 cm³/mol. The molecule has 0 aliphatic heterocycles. The Hall–Kier alpha value is -3.94. The quantitative estimate of drug-likeness (QED) is 0.219. The number of ether oxygens (including phenoxy) is 1. The monoisotopic (exact) mass is 492 g/mol. The maximum absolute atomic E-state index is 13.3. The first-order valence-corrected chi connectivity index (χ1v) is 12.1. The highest BCUT2D eigenvalue weighted by molar-refractivity contribution is 6.02. The van der Waals surface area contributed by atoms with Crippen molar-refractivity contribution in [2.24, 2.45) is 10.7 Å². The fourth-order valence-corrected chi connectivity index (χ4v) is 3.93. The summed E-state index contributed by atoms with van der Waals surface area (Å²) in [6, 6.07) is 15.1. The third-order valence-electron chi connectivity index (χ3n) is 5.90. The summed E-state index contributed by atoms with van der Waals surface area (Å²) in [6.07, 6.45) is 3.35. The van der Waals surface area contributed by atoms with E-state index in [0.29, 0.717) is 24.3 Å². The molecule has 0 aliphatic rings. The van der Waals surface area contributed by atoms with Gasteiger partial charge < -0.3 is 20.4 Å². The molecule has 0 spiro atoms. The number of carbonyl (C=O) groups excluding carboxylic acids is 2. The number of nitrogens with zero attached hydrogens (tertiary/aromatic N) is 2. The molecule has 0 aliphatic carbocycles. The molecule has 3 rings (SSSR count). The number of aryl methyl sites for hydroxylation is 1. The number of amidine groups is 1. The maximum Gasteiger partial charge on any atom is 0.435 e. The van der Waals surface area contributed by atoms with E-state index in [0.717, 1.165) is 48.3 Å². The van der Waals surface area contributed by atoms with Crippen LogP contribution in [0.3, 0.4) is 0 Å². The highest BCUT2D eigenvalue weighted by Crippen LogP contribution is 2.21. The molecular weight excluding hydrogens is 459 g/mol. The van der Waals surface area contributed by atoms with Crippen molar-refractivity contribution in [2.75, 3.05) is 6.61 Å². The predicted octanol–water partition coefficient (Wildman–Crippen LogP) is 5.59. The van der Waals surface area contributed by atoms with Crippen LogP contribution in [0.25, 0.3) is 5.69 Å². The molecule has 2 amide bonds. The second-order valence-electron chi connectivity index (χ2n) is 8.65. The van der Waals surface area contributed by atoms with Crippen molar-refractivity contribution in [1.29, 1.82) is 0 Å². The Labute approximate surface area is 211 Å². The summed E-state index contributed by atoms with van der Waals surface area (Å²) in [6.45, 7) is 6.53. The third kappa shape index (κ3) is 7.04. The van der Waals surface area contributed by atoms with Crippen LogP contribution in [-0.2, 0) is 11.3 Å². The fraction of sp³-hybridized carbons (Fsp3) is 0.321. The second kappa shape index (κ2) is 12.7. The number of rotatable bonds is 10. The van der Waals surface area contributed by atoms with Crippen molar-refractivity contribution >= 4 is 17.8 Å². The van der Waals surface area contributed by atoms with Crippen LogP contribution in [0.4, 0.5) is 9.18 Å². The Morgan fingerprint density at radius 3 is 2.39 bits per heavy atom. The number of aliphatic imine (C=N–C) groups is 1.